The molecule has 0 aliphatic heterocycles. The lowest BCUT2D eigenvalue weighted by Crippen LogP contribution is -2.35. The molecule has 0 saturated heterocycles. The minimum Gasteiger partial charge on any atom is -0.359 e. The van der Waals surface area contributed by atoms with Crippen LogP contribution in [0.1, 0.15) is 25.3 Å². The van der Waals surface area contributed by atoms with Crippen LogP contribution in [0.4, 0.5) is 5.69 Å². The van der Waals surface area contributed by atoms with E-state index in [0.29, 0.717) is 18.5 Å². The van der Waals surface area contributed by atoms with Gasteiger partial charge in [-0.1, -0.05) is 25.5 Å². The highest BCUT2D eigenvalue weighted by atomic mass is 16.2. The third-order valence-electron chi connectivity index (χ3n) is 2.80. The fraction of sp³-hybridized carbons (Fsp3) is 0.429. The molecule has 1 atom stereocenters. The molecule has 0 heterocycles. The van der Waals surface area contributed by atoms with Gasteiger partial charge in [-0.2, -0.15) is 0 Å². The number of amides is 2. The van der Waals surface area contributed by atoms with E-state index in [9.17, 15) is 9.59 Å². The summed E-state index contributed by atoms with van der Waals surface area (Å²) < 4.78 is 0. The molecule has 0 fully saturated rings. The summed E-state index contributed by atoms with van der Waals surface area (Å²) >= 11 is 0. The van der Waals surface area contributed by atoms with Gasteiger partial charge in [0.05, 0.1) is 12.5 Å². The summed E-state index contributed by atoms with van der Waals surface area (Å²) in [6, 6.07) is 6.70. The Bertz CT molecular complexity index is 429. The molecule has 0 aromatic heterocycles. The van der Waals surface area contributed by atoms with Crippen molar-refractivity contribution >= 4 is 17.5 Å². The van der Waals surface area contributed by atoms with E-state index < -0.39 is 6.04 Å². The van der Waals surface area contributed by atoms with Crippen LogP contribution >= 0.6 is 0 Å². The van der Waals surface area contributed by atoms with Crippen molar-refractivity contribution in [3.8, 4) is 0 Å². The second-order valence-corrected chi connectivity index (χ2v) is 4.43. The van der Waals surface area contributed by atoms with Crippen LogP contribution in [0.25, 0.3) is 0 Å². The number of likely N-dealkylation sites (N-methyl/N-ethyl adjacent to an activating group) is 1. The Kier molecular flexibility index (Phi) is 6.02. The van der Waals surface area contributed by atoms with Gasteiger partial charge in [0.15, 0.2) is 0 Å². The minimum atomic E-state index is -0.476. The number of hydrogen-bond donors (Lipinski definition) is 3. The molecule has 104 valence electrons. The zero-order valence-corrected chi connectivity index (χ0v) is 11.4. The first kappa shape index (κ1) is 15.2. The molecule has 5 heteroatoms. The molecule has 0 radical (unpaired) electrons. The first-order chi connectivity index (χ1) is 9.06. The lowest BCUT2D eigenvalue weighted by atomic mass is 10.1. The molecule has 5 nitrogen and oxygen atoms in total. The zero-order valence-electron chi connectivity index (χ0n) is 11.4. The molecule has 1 unspecified atom stereocenters. The second kappa shape index (κ2) is 7.53. The zero-order chi connectivity index (χ0) is 14.3. The van der Waals surface area contributed by atoms with Crippen molar-refractivity contribution in [3.63, 3.8) is 0 Å². The van der Waals surface area contributed by atoms with Gasteiger partial charge in [-0.25, -0.2) is 0 Å². The molecule has 0 aliphatic rings. The number of hydrogen-bond acceptors (Lipinski definition) is 3. The SMILES string of the molecule is CCCC(N)C(=O)Nc1ccc(CC(=O)NC)cc1. The van der Waals surface area contributed by atoms with Crippen LogP contribution < -0.4 is 16.4 Å². The van der Waals surface area contributed by atoms with Gasteiger partial charge in [0.2, 0.25) is 11.8 Å². The molecule has 19 heavy (non-hydrogen) atoms. The van der Waals surface area contributed by atoms with Crippen LogP contribution in [0.2, 0.25) is 0 Å². The lowest BCUT2D eigenvalue weighted by Gasteiger charge is -2.11. The van der Waals surface area contributed by atoms with Crippen molar-refractivity contribution in [2.24, 2.45) is 5.73 Å². The van der Waals surface area contributed by atoms with Crippen LogP contribution in [0.3, 0.4) is 0 Å². The number of nitrogens with one attached hydrogen (secondary N) is 2. The normalized spacial score (nSPS) is 11.7. The fourth-order valence-corrected chi connectivity index (χ4v) is 1.66. The van der Waals surface area contributed by atoms with Gasteiger partial charge in [0, 0.05) is 12.7 Å². The Morgan fingerprint density at radius 1 is 1.26 bits per heavy atom. The third kappa shape index (κ3) is 5.09. The van der Waals surface area contributed by atoms with Crippen LogP contribution in [0.15, 0.2) is 24.3 Å². The maximum absolute atomic E-state index is 11.7. The molecule has 0 bridgehead atoms. The summed E-state index contributed by atoms with van der Waals surface area (Å²) in [5, 5.41) is 5.32. The van der Waals surface area contributed by atoms with Crippen molar-refractivity contribution in [3.05, 3.63) is 29.8 Å². The maximum Gasteiger partial charge on any atom is 0.241 e. The minimum absolute atomic E-state index is 0.0400. The summed E-state index contributed by atoms with van der Waals surface area (Å²) in [5.41, 5.74) is 7.31. The molecule has 1 rings (SSSR count). The highest BCUT2D eigenvalue weighted by molar-refractivity contribution is 5.94. The smallest absolute Gasteiger partial charge is 0.241 e. The van der Waals surface area contributed by atoms with Crippen molar-refractivity contribution in [2.75, 3.05) is 12.4 Å². The quantitative estimate of drug-likeness (QED) is 0.717. The molecule has 2 amide bonds. The van der Waals surface area contributed by atoms with Crippen molar-refractivity contribution in [1.82, 2.24) is 5.32 Å². The van der Waals surface area contributed by atoms with Crippen molar-refractivity contribution < 1.29 is 9.59 Å². The Hall–Kier alpha value is -1.88. The average molecular weight is 263 g/mol. The van der Waals surface area contributed by atoms with Crippen LogP contribution in [0.5, 0.6) is 0 Å². The van der Waals surface area contributed by atoms with Gasteiger partial charge in [-0.05, 0) is 24.1 Å². The van der Waals surface area contributed by atoms with E-state index in [1.807, 2.05) is 19.1 Å². The van der Waals surface area contributed by atoms with Crippen LogP contribution in [-0.2, 0) is 16.0 Å². The van der Waals surface area contributed by atoms with Crippen molar-refractivity contribution in [1.29, 1.82) is 0 Å². The lowest BCUT2D eigenvalue weighted by molar-refractivity contribution is -0.120. The molecule has 0 aliphatic carbocycles. The number of rotatable bonds is 6. The molecule has 1 aromatic rings. The molecule has 0 saturated carbocycles. The first-order valence-electron chi connectivity index (χ1n) is 6.42. The number of benzene rings is 1. The van der Waals surface area contributed by atoms with Crippen LogP contribution in [0, 0.1) is 0 Å². The maximum atomic E-state index is 11.7. The van der Waals surface area contributed by atoms with Gasteiger partial charge in [-0.3, -0.25) is 9.59 Å². The van der Waals surface area contributed by atoms with Gasteiger partial charge < -0.3 is 16.4 Å². The predicted octanol–water partition coefficient (Wildman–Crippen LogP) is 1.04. The van der Waals surface area contributed by atoms with Crippen molar-refractivity contribution in [2.45, 2.75) is 32.2 Å². The van der Waals surface area contributed by atoms with E-state index in [0.717, 1.165) is 12.0 Å². The standard InChI is InChI=1S/C14H21N3O2/c1-3-4-12(15)14(19)17-11-7-5-10(6-8-11)9-13(18)16-2/h5-8,12H,3-4,9,15H2,1-2H3,(H,16,18)(H,17,19). The average Bonchev–Trinajstić information content (AvgIpc) is 2.41. The molecular weight excluding hydrogens is 242 g/mol. The third-order valence-corrected chi connectivity index (χ3v) is 2.80. The van der Waals surface area contributed by atoms with Gasteiger partial charge in [-0.15, -0.1) is 0 Å². The van der Waals surface area contributed by atoms with E-state index in [-0.39, 0.29) is 11.8 Å². The first-order valence-corrected chi connectivity index (χ1v) is 6.42. The Labute approximate surface area is 113 Å². The van der Waals surface area contributed by atoms with E-state index in [1.54, 1.807) is 19.2 Å². The Morgan fingerprint density at radius 2 is 1.89 bits per heavy atom. The molecule has 0 spiro atoms. The molecular formula is C14H21N3O2. The fourth-order valence-electron chi connectivity index (χ4n) is 1.66. The Balaban J connectivity index is 2.57. The summed E-state index contributed by atoms with van der Waals surface area (Å²) in [7, 11) is 1.60. The van der Waals surface area contributed by atoms with E-state index >= 15 is 0 Å². The number of nitrogens with two attached hydrogens (primary N) is 1. The molecule has 4 N–H and O–H groups in total. The highest BCUT2D eigenvalue weighted by Crippen LogP contribution is 2.11. The predicted molar refractivity (Wildman–Crippen MR) is 75.7 cm³/mol. The Morgan fingerprint density at radius 3 is 2.42 bits per heavy atom. The second-order valence-electron chi connectivity index (χ2n) is 4.43. The van der Waals surface area contributed by atoms with Crippen LogP contribution in [-0.4, -0.2) is 24.9 Å². The monoisotopic (exact) mass is 263 g/mol. The summed E-state index contributed by atoms with van der Waals surface area (Å²) in [4.78, 5) is 22.9. The number of carbonyl (C=O) groups is 2. The largest absolute Gasteiger partial charge is 0.359 e. The van der Waals surface area contributed by atoms with Gasteiger partial charge in [0.25, 0.3) is 0 Å². The topological polar surface area (TPSA) is 84.2 Å². The number of carbonyl (C=O) groups excluding carboxylic acids is 2. The number of anilines is 1. The molecule has 1 aromatic carbocycles. The summed E-state index contributed by atoms with van der Waals surface area (Å²) in [5.74, 6) is -0.220. The van der Waals surface area contributed by atoms with E-state index in [2.05, 4.69) is 10.6 Å². The van der Waals surface area contributed by atoms with Gasteiger partial charge in [0.1, 0.15) is 0 Å². The summed E-state index contributed by atoms with van der Waals surface area (Å²) in [6.07, 6.45) is 1.88. The van der Waals surface area contributed by atoms with E-state index in [1.165, 1.54) is 0 Å². The van der Waals surface area contributed by atoms with E-state index in [4.69, 9.17) is 5.73 Å². The van der Waals surface area contributed by atoms with Gasteiger partial charge >= 0.3 is 0 Å². The summed E-state index contributed by atoms with van der Waals surface area (Å²) in [6.45, 7) is 1.99. The highest BCUT2D eigenvalue weighted by Gasteiger charge is 2.12.